The van der Waals surface area contributed by atoms with Crippen molar-refractivity contribution < 1.29 is 13.2 Å². The first-order valence-corrected chi connectivity index (χ1v) is 11.4. The van der Waals surface area contributed by atoms with Gasteiger partial charge in [0.15, 0.2) is 0 Å². The van der Waals surface area contributed by atoms with Gasteiger partial charge >= 0.3 is 0 Å². The fourth-order valence-corrected chi connectivity index (χ4v) is 4.84. The number of carbonyl (C=O) groups is 1. The molecule has 0 fully saturated rings. The summed E-state index contributed by atoms with van der Waals surface area (Å²) in [5.41, 5.74) is 0.728. The van der Waals surface area contributed by atoms with E-state index >= 15 is 0 Å². The van der Waals surface area contributed by atoms with E-state index in [-0.39, 0.29) is 16.8 Å². The number of likely N-dealkylation sites (N-methyl/N-ethyl adjacent to an activating group) is 1. The fraction of sp³-hybridized carbons (Fsp3) is 0.190. The molecule has 1 unspecified atom stereocenters. The first-order valence-electron chi connectivity index (χ1n) is 9.03. The molecule has 0 aliphatic rings. The summed E-state index contributed by atoms with van der Waals surface area (Å²) >= 11 is 1.64. The van der Waals surface area contributed by atoms with Crippen LogP contribution in [-0.4, -0.2) is 39.9 Å². The van der Waals surface area contributed by atoms with Gasteiger partial charge in [0.2, 0.25) is 0 Å². The number of thiophene rings is 1. The number of benzene rings is 2. The minimum absolute atomic E-state index is 0.0683. The van der Waals surface area contributed by atoms with Crippen molar-refractivity contribution in [2.45, 2.75) is 10.9 Å². The Hall–Kier alpha value is -2.68. The number of nitrogens with one attached hydrogen (secondary N) is 2. The Kier molecular flexibility index (Phi) is 6.68. The molecule has 1 aromatic heterocycles. The lowest BCUT2D eigenvalue weighted by atomic mass is 10.1. The normalized spacial score (nSPS) is 12.5. The van der Waals surface area contributed by atoms with Crippen LogP contribution in [0.4, 0.5) is 5.69 Å². The molecule has 152 valence electrons. The van der Waals surface area contributed by atoms with Gasteiger partial charge in [-0.3, -0.25) is 9.52 Å². The van der Waals surface area contributed by atoms with Gasteiger partial charge in [-0.15, -0.1) is 11.3 Å². The maximum Gasteiger partial charge on any atom is 0.261 e. The van der Waals surface area contributed by atoms with E-state index in [1.54, 1.807) is 47.7 Å². The Balaban J connectivity index is 1.69. The third-order valence-corrected chi connectivity index (χ3v) is 6.75. The van der Waals surface area contributed by atoms with Crippen molar-refractivity contribution in [3.05, 3.63) is 82.6 Å². The number of amides is 1. The SMILES string of the molecule is CN(C)C(CNC(=O)c1cccc(NS(=O)(=O)c2ccccc2)c1)c1cccs1. The molecule has 0 saturated carbocycles. The van der Waals surface area contributed by atoms with Crippen LogP contribution in [0.2, 0.25) is 0 Å². The van der Waals surface area contributed by atoms with Crippen LogP contribution in [-0.2, 0) is 10.0 Å². The number of nitrogens with zero attached hydrogens (tertiary/aromatic N) is 1. The van der Waals surface area contributed by atoms with Crippen LogP contribution < -0.4 is 10.0 Å². The highest BCUT2D eigenvalue weighted by atomic mass is 32.2. The van der Waals surface area contributed by atoms with Crippen molar-refractivity contribution in [3.63, 3.8) is 0 Å². The van der Waals surface area contributed by atoms with Crippen LogP contribution in [0.15, 0.2) is 77.0 Å². The molecule has 0 aliphatic heterocycles. The van der Waals surface area contributed by atoms with E-state index in [0.29, 0.717) is 17.8 Å². The van der Waals surface area contributed by atoms with Gasteiger partial charge in [-0.05, 0) is 55.9 Å². The van der Waals surface area contributed by atoms with Gasteiger partial charge < -0.3 is 10.2 Å². The molecule has 0 radical (unpaired) electrons. The van der Waals surface area contributed by atoms with Crippen molar-refractivity contribution in [2.24, 2.45) is 0 Å². The molecular weight excluding hydrogens is 406 g/mol. The summed E-state index contributed by atoms with van der Waals surface area (Å²) in [5, 5.41) is 4.95. The average molecular weight is 430 g/mol. The second-order valence-corrected chi connectivity index (χ2v) is 9.37. The van der Waals surface area contributed by atoms with Crippen molar-refractivity contribution in [1.82, 2.24) is 10.2 Å². The summed E-state index contributed by atoms with van der Waals surface area (Å²) < 4.78 is 27.5. The zero-order valence-corrected chi connectivity index (χ0v) is 17.8. The van der Waals surface area contributed by atoms with Crippen molar-refractivity contribution >= 4 is 33.0 Å². The maximum atomic E-state index is 12.6. The second kappa shape index (κ2) is 9.21. The standard InChI is InChI=1S/C21H23N3O3S2/c1-24(2)19(20-12-7-13-28-20)15-22-21(25)16-8-6-9-17(14-16)23-29(26,27)18-10-4-3-5-11-18/h3-14,19,23H,15H2,1-2H3,(H,22,25). The van der Waals surface area contributed by atoms with Crippen LogP contribution >= 0.6 is 11.3 Å². The molecule has 6 nitrogen and oxygen atoms in total. The average Bonchev–Trinajstić information content (AvgIpc) is 3.23. The number of sulfonamides is 1. The highest BCUT2D eigenvalue weighted by Gasteiger charge is 2.18. The number of anilines is 1. The minimum Gasteiger partial charge on any atom is -0.350 e. The van der Waals surface area contributed by atoms with Gasteiger partial charge in [0.1, 0.15) is 0 Å². The highest BCUT2D eigenvalue weighted by molar-refractivity contribution is 7.92. The van der Waals surface area contributed by atoms with Crippen molar-refractivity contribution in [2.75, 3.05) is 25.4 Å². The molecule has 0 bridgehead atoms. The van der Waals surface area contributed by atoms with Crippen LogP contribution in [0, 0.1) is 0 Å². The Morgan fingerprint density at radius 1 is 1.03 bits per heavy atom. The fourth-order valence-electron chi connectivity index (χ4n) is 2.85. The molecule has 1 heterocycles. The molecule has 2 N–H and O–H groups in total. The molecule has 29 heavy (non-hydrogen) atoms. The molecule has 3 rings (SSSR count). The summed E-state index contributed by atoms with van der Waals surface area (Å²) in [6, 6.07) is 18.7. The zero-order chi connectivity index (χ0) is 20.9. The van der Waals surface area contributed by atoms with Crippen LogP contribution in [0.3, 0.4) is 0 Å². The minimum atomic E-state index is -3.71. The summed E-state index contributed by atoms with van der Waals surface area (Å²) in [6.07, 6.45) is 0. The number of carbonyl (C=O) groups excluding carboxylic acids is 1. The van der Waals surface area contributed by atoms with Gasteiger partial charge in [0.05, 0.1) is 10.9 Å². The summed E-state index contributed by atoms with van der Waals surface area (Å²) in [5.74, 6) is -0.255. The van der Waals surface area contributed by atoms with E-state index in [1.807, 2.05) is 31.6 Å². The van der Waals surface area contributed by atoms with Gasteiger partial charge in [-0.1, -0.05) is 30.3 Å². The monoisotopic (exact) mass is 429 g/mol. The van der Waals surface area contributed by atoms with Crippen LogP contribution in [0.1, 0.15) is 21.3 Å². The number of rotatable bonds is 8. The third kappa shape index (κ3) is 5.44. The molecule has 1 amide bonds. The predicted molar refractivity (Wildman–Crippen MR) is 117 cm³/mol. The summed E-state index contributed by atoms with van der Waals surface area (Å²) in [4.78, 5) is 16.0. The van der Waals surface area contributed by atoms with Crippen molar-refractivity contribution in [3.8, 4) is 0 Å². The molecule has 2 aromatic carbocycles. The van der Waals surface area contributed by atoms with E-state index in [2.05, 4.69) is 14.9 Å². The molecule has 1 atom stereocenters. The predicted octanol–water partition coefficient (Wildman–Crippen LogP) is 3.58. The van der Waals surface area contributed by atoms with Gasteiger partial charge in [0, 0.05) is 22.7 Å². The van der Waals surface area contributed by atoms with Crippen LogP contribution in [0.25, 0.3) is 0 Å². The first-order chi connectivity index (χ1) is 13.9. The maximum absolute atomic E-state index is 12.6. The molecule has 0 saturated heterocycles. The number of hydrogen-bond donors (Lipinski definition) is 2. The lowest BCUT2D eigenvalue weighted by Crippen LogP contribution is -2.34. The largest absolute Gasteiger partial charge is 0.350 e. The molecule has 0 spiro atoms. The van der Waals surface area contributed by atoms with E-state index in [1.165, 1.54) is 23.1 Å². The lowest BCUT2D eigenvalue weighted by Gasteiger charge is -2.23. The highest BCUT2D eigenvalue weighted by Crippen LogP contribution is 2.22. The smallest absolute Gasteiger partial charge is 0.261 e. The van der Waals surface area contributed by atoms with Gasteiger partial charge in [-0.2, -0.15) is 0 Å². The van der Waals surface area contributed by atoms with Gasteiger partial charge in [-0.25, -0.2) is 8.42 Å². The zero-order valence-electron chi connectivity index (χ0n) is 16.2. The molecule has 8 heteroatoms. The molecule has 3 aromatic rings. The topological polar surface area (TPSA) is 78.5 Å². The number of hydrogen-bond acceptors (Lipinski definition) is 5. The molecular formula is C21H23N3O3S2. The van der Waals surface area contributed by atoms with E-state index in [0.717, 1.165) is 0 Å². The Morgan fingerprint density at radius 3 is 2.45 bits per heavy atom. The summed E-state index contributed by atoms with van der Waals surface area (Å²) in [7, 11) is 0.226. The van der Waals surface area contributed by atoms with E-state index in [4.69, 9.17) is 0 Å². The Morgan fingerprint density at radius 2 is 1.79 bits per heavy atom. The quantitative estimate of drug-likeness (QED) is 0.574. The van der Waals surface area contributed by atoms with Crippen molar-refractivity contribution in [1.29, 1.82) is 0 Å². The Labute approximate surface area is 175 Å². The third-order valence-electron chi connectivity index (χ3n) is 4.38. The first kappa shape index (κ1) is 21.0. The second-order valence-electron chi connectivity index (χ2n) is 6.70. The Bertz CT molecular complexity index is 1050. The lowest BCUT2D eigenvalue weighted by molar-refractivity contribution is 0.0942. The summed E-state index contributed by atoms with van der Waals surface area (Å²) in [6.45, 7) is 0.451. The molecule has 0 aliphatic carbocycles. The van der Waals surface area contributed by atoms with Crippen LogP contribution in [0.5, 0.6) is 0 Å². The van der Waals surface area contributed by atoms with E-state index in [9.17, 15) is 13.2 Å². The van der Waals surface area contributed by atoms with Gasteiger partial charge in [0.25, 0.3) is 15.9 Å². The van der Waals surface area contributed by atoms with E-state index < -0.39 is 10.0 Å².